The smallest absolute Gasteiger partial charge is 0.244 e. The first-order chi connectivity index (χ1) is 6.74. The molecule has 0 bridgehead atoms. The van der Waals surface area contributed by atoms with Crippen LogP contribution in [0.4, 0.5) is 0 Å². The minimum absolute atomic E-state index is 0.0520. The zero-order valence-electron chi connectivity index (χ0n) is 8.53. The maximum atomic E-state index is 11.2. The SMILES string of the molecule is CC=CC(=O)N[C@@H](C)c1ccccc1. The number of nitrogens with one attached hydrogen (secondary N) is 1. The van der Waals surface area contributed by atoms with Crippen LogP contribution < -0.4 is 5.32 Å². The Morgan fingerprint density at radius 1 is 1.36 bits per heavy atom. The van der Waals surface area contributed by atoms with Crippen molar-refractivity contribution >= 4 is 5.91 Å². The monoisotopic (exact) mass is 189 g/mol. The molecule has 1 N–H and O–H groups in total. The molecule has 0 heterocycles. The van der Waals surface area contributed by atoms with Crippen LogP contribution in [-0.2, 0) is 4.79 Å². The quantitative estimate of drug-likeness (QED) is 0.727. The van der Waals surface area contributed by atoms with Crippen LogP contribution in [0.15, 0.2) is 42.5 Å². The number of hydrogen-bond acceptors (Lipinski definition) is 1. The van der Waals surface area contributed by atoms with E-state index in [0.29, 0.717) is 0 Å². The Kier molecular flexibility index (Phi) is 3.92. The molecule has 0 spiro atoms. The largest absolute Gasteiger partial charge is 0.346 e. The fourth-order valence-electron chi connectivity index (χ4n) is 1.24. The predicted molar refractivity (Wildman–Crippen MR) is 57.8 cm³/mol. The number of hydrogen-bond donors (Lipinski definition) is 1. The average Bonchev–Trinajstić information content (AvgIpc) is 2.19. The molecule has 0 aromatic heterocycles. The molecular weight excluding hydrogens is 174 g/mol. The van der Waals surface area contributed by atoms with Crippen molar-refractivity contribution in [2.75, 3.05) is 0 Å². The number of carbonyl (C=O) groups excluding carboxylic acids is 1. The Morgan fingerprint density at radius 3 is 2.57 bits per heavy atom. The molecule has 0 aliphatic heterocycles. The second kappa shape index (κ2) is 5.22. The van der Waals surface area contributed by atoms with E-state index in [1.807, 2.05) is 44.2 Å². The average molecular weight is 189 g/mol. The topological polar surface area (TPSA) is 29.1 Å². The second-order valence-corrected chi connectivity index (χ2v) is 3.14. The highest BCUT2D eigenvalue weighted by Crippen LogP contribution is 2.10. The maximum absolute atomic E-state index is 11.2. The van der Waals surface area contributed by atoms with Crippen molar-refractivity contribution in [1.29, 1.82) is 0 Å². The summed E-state index contributed by atoms with van der Waals surface area (Å²) in [6, 6.07) is 9.95. The van der Waals surface area contributed by atoms with E-state index in [0.717, 1.165) is 5.56 Å². The second-order valence-electron chi connectivity index (χ2n) is 3.14. The van der Waals surface area contributed by atoms with Crippen molar-refractivity contribution in [2.45, 2.75) is 19.9 Å². The van der Waals surface area contributed by atoms with E-state index in [9.17, 15) is 4.79 Å². The summed E-state index contributed by atoms with van der Waals surface area (Å²) in [7, 11) is 0. The maximum Gasteiger partial charge on any atom is 0.244 e. The van der Waals surface area contributed by atoms with Crippen molar-refractivity contribution in [3.8, 4) is 0 Å². The fraction of sp³-hybridized carbons (Fsp3) is 0.250. The van der Waals surface area contributed by atoms with Crippen LogP contribution in [0.2, 0.25) is 0 Å². The van der Waals surface area contributed by atoms with Gasteiger partial charge in [-0.25, -0.2) is 0 Å². The predicted octanol–water partition coefficient (Wildman–Crippen LogP) is 2.44. The molecule has 1 aromatic carbocycles. The summed E-state index contributed by atoms with van der Waals surface area (Å²) in [6.45, 7) is 3.80. The molecule has 1 rings (SSSR count). The third kappa shape index (κ3) is 3.05. The number of amides is 1. The van der Waals surface area contributed by atoms with E-state index in [4.69, 9.17) is 0 Å². The molecule has 1 aromatic rings. The summed E-state index contributed by atoms with van der Waals surface area (Å²) in [4.78, 5) is 11.2. The van der Waals surface area contributed by atoms with Gasteiger partial charge >= 0.3 is 0 Å². The molecule has 2 heteroatoms. The van der Waals surface area contributed by atoms with Crippen LogP contribution in [0.3, 0.4) is 0 Å². The molecule has 0 aliphatic carbocycles. The first-order valence-electron chi connectivity index (χ1n) is 4.72. The summed E-state index contributed by atoms with van der Waals surface area (Å²) in [5.74, 6) is -0.0520. The Bertz CT molecular complexity index is 316. The van der Waals surface area contributed by atoms with Crippen LogP contribution in [-0.4, -0.2) is 5.91 Å². The highest BCUT2D eigenvalue weighted by atomic mass is 16.1. The van der Waals surface area contributed by atoms with Crippen LogP contribution in [0.5, 0.6) is 0 Å². The minimum Gasteiger partial charge on any atom is -0.346 e. The van der Waals surface area contributed by atoms with Crippen LogP contribution in [0, 0.1) is 0 Å². The lowest BCUT2D eigenvalue weighted by Crippen LogP contribution is -2.24. The zero-order chi connectivity index (χ0) is 10.4. The Balaban J connectivity index is 2.59. The van der Waals surface area contributed by atoms with Gasteiger partial charge in [0.05, 0.1) is 6.04 Å². The molecule has 2 nitrogen and oxygen atoms in total. The van der Waals surface area contributed by atoms with Crippen LogP contribution in [0.1, 0.15) is 25.5 Å². The van der Waals surface area contributed by atoms with Gasteiger partial charge in [-0.1, -0.05) is 36.4 Å². The van der Waals surface area contributed by atoms with Crippen molar-refractivity contribution in [3.05, 3.63) is 48.0 Å². The summed E-state index contributed by atoms with van der Waals surface area (Å²) >= 11 is 0. The number of allylic oxidation sites excluding steroid dienone is 1. The zero-order valence-corrected chi connectivity index (χ0v) is 8.53. The Hall–Kier alpha value is -1.57. The lowest BCUT2D eigenvalue weighted by molar-refractivity contribution is -0.117. The van der Waals surface area contributed by atoms with E-state index in [2.05, 4.69) is 5.32 Å². The molecule has 0 radical (unpaired) electrons. The highest BCUT2D eigenvalue weighted by Gasteiger charge is 2.05. The molecule has 1 amide bonds. The van der Waals surface area contributed by atoms with Gasteiger partial charge in [0, 0.05) is 0 Å². The molecule has 0 fully saturated rings. The molecule has 0 saturated heterocycles. The molecule has 74 valence electrons. The van der Waals surface area contributed by atoms with Gasteiger partial charge in [-0.05, 0) is 25.5 Å². The lowest BCUT2D eigenvalue weighted by Gasteiger charge is -2.12. The van der Waals surface area contributed by atoms with Gasteiger partial charge in [0.2, 0.25) is 5.91 Å². The first kappa shape index (κ1) is 10.5. The Morgan fingerprint density at radius 2 is 2.00 bits per heavy atom. The molecule has 0 unspecified atom stereocenters. The third-order valence-corrected chi connectivity index (χ3v) is 1.98. The van der Waals surface area contributed by atoms with Gasteiger partial charge < -0.3 is 5.32 Å². The van der Waals surface area contributed by atoms with Gasteiger partial charge in [-0.15, -0.1) is 0 Å². The van der Waals surface area contributed by atoms with Crippen LogP contribution >= 0.6 is 0 Å². The van der Waals surface area contributed by atoms with E-state index in [-0.39, 0.29) is 11.9 Å². The van der Waals surface area contributed by atoms with Crippen molar-refractivity contribution < 1.29 is 4.79 Å². The van der Waals surface area contributed by atoms with Crippen molar-refractivity contribution in [2.24, 2.45) is 0 Å². The lowest BCUT2D eigenvalue weighted by atomic mass is 10.1. The van der Waals surface area contributed by atoms with E-state index < -0.39 is 0 Å². The summed E-state index contributed by atoms with van der Waals surface area (Å²) in [6.07, 6.45) is 3.26. The van der Waals surface area contributed by atoms with Gasteiger partial charge in [0.15, 0.2) is 0 Å². The number of benzene rings is 1. The van der Waals surface area contributed by atoms with Gasteiger partial charge in [-0.2, -0.15) is 0 Å². The van der Waals surface area contributed by atoms with Crippen LogP contribution in [0.25, 0.3) is 0 Å². The number of rotatable bonds is 3. The van der Waals surface area contributed by atoms with Crippen molar-refractivity contribution in [3.63, 3.8) is 0 Å². The Labute approximate surface area is 84.6 Å². The van der Waals surface area contributed by atoms with Gasteiger partial charge in [0.25, 0.3) is 0 Å². The van der Waals surface area contributed by atoms with Gasteiger partial charge in [0.1, 0.15) is 0 Å². The first-order valence-corrected chi connectivity index (χ1v) is 4.72. The summed E-state index contributed by atoms with van der Waals surface area (Å²) in [5.41, 5.74) is 1.12. The van der Waals surface area contributed by atoms with E-state index in [1.165, 1.54) is 6.08 Å². The minimum atomic E-state index is -0.0520. The molecule has 0 saturated carbocycles. The summed E-state index contributed by atoms with van der Waals surface area (Å²) in [5, 5.41) is 2.87. The van der Waals surface area contributed by atoms with E-state index >= 15 is 0 Å². The molecule has 14 heavy (non-hydrogen) atoms. The molecular formula is C12H15NO. The molecule has 1 atom stereocenters. The standard InChI is InChI=1S/C12H15NO/c1-3-7-12(14)13-10(2)11-8-5-4-6-9-11/h3-10H,1-2H3,(H,13,14)/t10-/m0/s1. The molecule has 0 aliphatic rings. The van der Waals surface area contributed by atoms with Gasteiger partial charge in [-0.3, -0.25) is 4.79 Å². The fourth-order valence-corrected chi connectivity index (χ4v) is 1.24. The van der Waals surface area contributed by atoms with Crippen molar-refractivity contribution in [1.82, 2.24) is 5.32 Å². The normalized spacial score (nSPS) is 12.7. The highest BCUT2D eigenvalue weighted by molar-refractivity contribution is 5.87. The van der Waals surface area contributed by atoms with E-state index in [1.54, 1.807) is 6.08 Å². The summed E-state index contributed by atoms with van der Waals surface area (Å²) < 4.78 is 0. The third-order valence-electron chi connectivity index (χ3n) is 1.98. The number of carbonyl (C=O) groups is 1.